The molecule has 0 aliphatic heterocycles. The maximum Gasteiger partial charge on any atom is 0.333 e. The van der Waals surface area contributed by atoms with Crippen LogP contribution in [0.2, 0.25) is 0 Å². The first-order valence-corrected chi connectivity index (χ1v) is 20.6. The number of rotatable bonds is 14. The highest BCUT2D eigenvalue weighted by molar-refractivity contribution is 5.94. The Balaban J connectivity index is 1.45. The molecule has 1 atom stereocenters. The number of carbonyl (C=O) groups is 1. The minimum atomic E-state index is -0.497. The highest BCUT2D eigenvalue weighted by atomic mass is 19.1. The van der Waals surface area contributed by atoms with E-state index < -0.39 is 11.9 Å². The molecule has 0 fully saturated rings. The lowest BCUT2D eigenvalue weighted by molar-refractivity contribution is -0.139. The molecule has 300 valence electrons. The van der Waals surface area contributed by atoms with E-state index in [1.54, 1.807) is 13.0 Å². The standard InChI is InChI=1S/C53H54FN3O2/c1-9-55(50-36(5)18-16-19-37(50)6)42-28-26-40(27-29-42)48(44-31-30-43(34-46(44)54)56(10-2)51-38(7)20-17-21-39(51)8)49-45-24-14-15-25-47(45)57(32-33-59-53(58)35(3)4)52(49)41-22-12-11-13-23-41/h11-31,34,48H,3,9-10,32-33H2,1-2,4-8H3. The van der Waals surface area contributed by atoms with E-state index in [0.717, 1.165) is 68.0 Å². The topological polar surface area (TPSA) is 37.7 Å². The Labute approximate surface area is 349 Å². The van der Waals surface area contributed by atoms with Gasteiger partial charge in [-0.15, -0.1) is 0 Å². The lowest BCUT2D eigenvalue weighted by Gasteiger charge is -2.29. The fourth-order valence-electron chi connectivity index (χ4n) is 8.78. The van der Waals surface area contributed by atoms with Crippen molar-refractivity contribution in [1.29, 1.82) is 0 Å². The third-order valence-electron chi connectivity index (χ3n) is 11.4. The van der Waals surface area contributed by atoms with Crippen LogP contribution in [-0.4, -0.2) is 30.2 Å². The molecule has 6 aromatic carbocycles. The molecule has 0 radical (unpaired) electrons. The minimum absolute atomic E-state index is 0.155. The van der Waals surface area contributed by atoms with Crippen LogP contribution in [0.1, 0.15) is 65.6 Å². The second-order valence-corrected chi connectivity index (χ2v) is 15.4. The summed E-state index contributed by atoms with van der Waals surface area (Å²) in [6, 6.07) is 45.6. The van der Waals surface area contributed by atoms with E-state index in [-0.39, 0.29) is 12.4 Å². The van der Waals surface area contributed by atoms with Crippen LogP contribution >= 0.6 is 0 Å². The second-order valence-electron chi connectivity index (χ2n) is 15.4. The van der Waals surface area contributed by atoms with Gasteiger partial charge in [-0.3, -0.25) is 0 Å². The van der Waals surface area contributed by atoms with Gasteiger partial charge in [-0.2, -0.15) is 0 Å². The van der Waals surface area contributed by atoms with Gasteiger partial charge in [-0.05, 0) is 123 Å². The van der Waals surface area contributed by atoms with Crippen molar-refractivity contribution in [2.45, 2.75) is 60.9 Å². The zero-order valence-electron chi connectivity index (χ0n) is 35.4. The maximum atomic E-state index is 17.5. The van der Waals surface area contributed by atoms with Crippen LogP contribution in [-0.2, 0) is 16.1 Å². The van der Waals surface area contributed by atoms with Crippen molar-refractivity contribution in [3.05, 3.63) is 190 Å². The average Bonchev–Trinajstić information content (AvgIpc) is 3.55. The average molecular weight is 784 g/mol. The van der Waals surface area contributed by atoms with Crippen LogP contribution in [0.5, 0.6) is 0 Å². The summed E-state index contributed by atoms with van der Waals surface area (Å²) >= 11 is 0. The maximum absolute atomic E-state index is 17.5. The Morgan fingerprint density at radius 3 is 1.80 bits per heavy atom. The molecule has 0 saturated heterocycles. The van der Waals surface area contributed by atoms with E-state index in [2.05, 4.69) is 153 Å². The molecular weight excluding hydrogens is 730 g/mol. The van der Waals surface area contributed by atoms with Gasteiger partial charge in [0, 0.05) is 58.2 Å². The summed E-state index contributed by atoms with van der Waals surface area (Å²) in [4.78, 5) is 17.1. The van der Waals surface area contributed by atoms with Gasteiger partial charge in [0.25, 0.3) is 0 Å². The normalized spacial score (nSPS) is 11.7. The van der Waals surface area contributed by atoms with Crippen LogP contribution in [0.15, 0.2) is 146 Å². The summed E-state index contributed by atoms with van der Waals surface area (Å²) in [6.07, 6.45) is 0. The SMILES string of the molecule is C=C(C)C(=O)OCCn1c(-c2ccccc2)c(C(c2ccc(N(CC)c3c(C)cccc3C)cc2)c2ccc(N(CC)c3c(C)cccc3C)cc2F)c2ccccc21. The molecule has 7 aromatic rings. The van der Waals surface area contributed by atoms with Gasteiger partial charge in [0.15, 0.2) is 0 Å². The summed E-state index contributed by atoms with van der Waals surface area (Å²) < 4.78 is 25.4. The van der Waals surface area contributed by atoms with Crippen LogP contribution in [0.3, 0.4) is 0 Å². The zero-order chi connectivity index (χ0) is 41.8. The molecule has 7 rings (SSSR count). The van der Waals surface area contributed by atoms with Crippen LogP contribution < -0.4 is 9.80 Å². The van der Waals surface area contributed by atoms with Gasteiger partial charge >= 0.3 is 5.97 Å². The molecule has 59 heavy (non-hydrogen) atoms. The molecule has 5 nitrogen and oxygen atoms in total. The number of aryl methyl sites for hydroxylation is 4. The number of hydrogen-bond donors (Lipinski definition) is 0. The van der Waals surface area contributed by atoms with Crippen molar-refractivity contribution in [3.63, 3.8) is 0 Å². The number of para-hydroxylation sites is 3. The molecule has 6 heteroatoms. The number of aromatic nitrogens is 1. The Morgan fingerprint density at radius 2 is 1.24 bits per heavy atom. The quantitative estimate of drug-likeness (QED) is 0.0813. The molecule has 0 bridgehead atoms. The molecule has 1 aromatic heterocycles. The largest absolute Gasteiger partial charge is 0.460 e. The third kappa shape index (κ3) is 8.05. The van der Waals surface area contributed by atoms with Crippen LogP contribution in [0.25, 0.3) is 22.2 Å². The number of esters is 1. The lowest BCUT2D eigenvalue weighted by Crippen LogP contribution is -2.19. The first kappa shape index (κ1) is 40.8. The monoisotopic (exact) mass is 783 g/mol. The van der Waals surface area contributed by atoms with Gasteiger partial charge in [-0.1, -0.05) is 110 Å². The Hall–Kier alpha value is -6.40. The van der Waals surface area contributed by atoms with E-state index in [1.807, 2.05) is 36.4 Å². The number of fused-ring (bicyclic) bond motifs is 1. The number of nitrogens with zero attached hydrogens (tertiary/aromatic N) is 3. The molecule has 0 spiro atoms. The highest BCUT2D eigenvalue weighted by Gasteiger charge is 2.30. The third-order valence-corrected chi connectivity index (χ3v) is 11.4. The van der Waals surface area contributed by atoms with Crippen LogP contribution in [0, 0.1) is 33.5 Å². The summed E-state index contributed by atoms with van der Waals surface area (Å²) in [7, 11) is 0. The number of benzene rings is 6. The predicted octanol–water partition coefficient (Wildman–Crippen LogP) is 13.3. The number of ether oxygens (including phenoxy) is 1. The van der Waals surface area contributed by atoms with E-state index in [9.17, 15) is 4.79 Å². The van der Waals surface area contributed by atoms with Crippen molar-refractivity contribution in [2.24, 2.45) is 0 Å². The van der Waals surface area contributed by atoms with Crippen molar-refractivity contribution in [1.82, 2.24) is 4.57 Å². The molecular formula is C53H54FN3O2. The summed E-state index contributed by atoms with van der Waals surface area (Å²) in [5.74, 6) is -1.20. The van der Waals surface area contributed by atoms with Crippen molar-refractivity contribution in [3.8, 4) is 11.3 Å². The van der Waals surface area contributed by atoms with Gasteiger partial charge < -0.3 is 19.1 Å². The zero-order valence-corrected chi connectivity index (χ0v) is 35.4. The van der Waals surface area contributed by atoms with Gasteiger partial charge in [0.05, 0.1) is 12.2 Å². The molecule has 0 saturated carbocycles. The highest BCUT2D eigenvalue weighted by Crippen LogP contribution is 2.46. The second kappa shape index (κ2) is 17.6. The van der Waals surface area contributed by atoms with Crippen molar-refractivity contribution < 1.29 is 13.9 Å². The molecule has 0 N–H and O–H groups in total. The summed E-state index contributed by atoms with van der Waals surface area (Å²) in [5, 5.41) is 1.01. The molecule has 0 aliphatic rings. The predicted molar refractivity (Wildman–Crippen MR) is 244 cm³/mol. The number of halogens is 1. The van der Waals surface area contributed by atoms with E-state index in [4.69, 9.17) is 4.74 Å². The van der Waals surface area contributed by atoms with Gasteiger partial charge in [0.2, 0.25) is 0 Å². The van der Waals surface area contributed by atoms with Gasteiger partial charge in [0.1, 0.15) is 12.4 Å². The van der Waals surface area contributed by atoms with Gasteiger partial charge in [-0.25, -0.2) is 9.18 Å². The number of carbonyl (C=O) groups excluding carboxylic acids is 1. The van der Waals surface area contributed by atoms with E-state index in [1.165, 1.54) is 16.8 Å². The lowest BCUT2D eigenvalue weighted by atomic mass is 9.82. The summed E-state index contributed by atoms with van der Waals surface area (Å²) in [5.41, 5.74) is 14.7. The van der Waals surface area contributed by atoms with E-state index in [0.29, 0.717) is 24.2 Å². The number of hydrogen-bond acceptors (Lipinski definition) is 4. The molecule has 1 unspecified atom stereocenters. The van der Waals surface area contributed by atoms with Crippen LogP contribution in [0.4, 0.5) is 27.1 Å². The smallest absolute Gasteiger partial charge is 0.333 e. The fourth-order valence-corrected chi connectivity index (χ4v) is 8.78. The Kier molecular flexibility index (Phi) is 12.2. The van der Waals surface area contributed by atoms with Crippen molar-refractivity contribution in [2.75, 3.05) is 29.5 Å². The molecule has 1 heterocycles. The van der Waals surface area contributed by atoms with E-state index >= 15 is 4.39 Å². The summed E-state index contributed by atoms with van der Waals surface area (Å²) in [6.45, 7) is 20.3. The number of anilines is 4. The first-order valence-electron chi connectivity index (χ1n) is 20.6. The van der Waals surface area contributed by atoms with Crippen molar-refractivity contribution >= 4 is 39.6 Å². The minimum Gasteiger partial charge on any atom is -0.460 e. The first-order chi connectivity index (χ1) is 28.5. The Bertz CT molecular complexity index is 2580. The molecule has 0 aliphatic carbocycles. The molecule has 0 amide bonds. The Morgan fingerprint density at radius 1 is 0.695 bits per heavy atom. The fraction of sp³-hybridized carbons (Fsp3) is 0.226.